The van der Waals surface area contributed by atoms with Crippen LogP contribution in [0, 0.1) is 26.1 Å². The van der Waals surface area contributed by atoms with Crippen molar-refractivity contribution in [2.75, 3.05) is 0 Å². The van der Waals surface area contributed by atoms with Crippen molar-refractivity contribution >= 4 is 0 Å². The molecule has 0 bridgehead atoms. The number of hydrogen-bond acceptors (Lipinski definition) is 6. The molecule has 0 radical (unpaired) electrons. The lowest BCUT2D eigenvalue weighted by atomic mass is 9.72. The van der Waals surface area contributed by atoms with Crippen molar-refractivity contribution in [3.63, 3.8) is 0 Å². The molecule has 0 fully saturated rings. The van der Waals surface area contributed by atoms with E-state index in [-0.39, 0.29) is 6.08 Å². The van der Waals surface area contributed by atoms with E-state index >= 15 is 0 Å². The number of alkyl halides is 3. The number of nitrogens with two attached hydrogens (primary N) is 2. The van der Waals surface area contributed by atoms with Crippen molar-refractivity contribution in [3.05, 3.63) is 43.3 Å². The van der Waals surface area contributed by atoms with Gasteiger partial charge in [0.1, 0.15) is 0 Å². The van der Waals surface area contributed by atoms with Crippen LogP contribution in [0.3, 0.4) is 0 Å². The minimum Gasteiger partial charge on any atom is -0.396 e. The summed E-state index contributed by atoms with van der Waals surface area (Å²) in [4.78, 5) is 19.9. The van der Waals surface area contributed by atoms with Gasteiger partial charge >= 0.3 is 6.18 Å². The molecule has 0 saturated heterocycles. The lowest BCUT2D eigenvalue weighted by Gasteiger charge is -2.36. The Hall–Kier alpha value is -2.17. The van der Waals surface area contributed by atoms with E-state index in [4.69, 9.17) is 11.5 Å². The highest BCUT2D eigenvalue weighted by Gasteiger charge is 2.61. The van der Waals surface area contributed by atoms with Crippen LogP contribution in [-0.2, 0) is 0 Å². The minimum atomic E-state index is -5.06. The van der Waals surface area contributed by atoms with Crippen molar-refractivity contribution in [2.45, 2.75) is 31.6 Å². The van der Waals surface area contributed by atoms with Gasteiger partial charge in [-0.3, -0.25) is 20.2 Å². The first kappa shape index (κ1) is 16.9. The van der Waals surface area contributed by atoms with Crippen LogP contribution >= 0.6 is 0 Å². The second kappa shape index (κ2) is 4.98. The summed E-state index contributed by atoms with van der Waals surface area (Å²) in [5.41, 5.74) is 4.94. The summed E-state index contributed by atoms with van der Waals surface area (Å²) < 4.78 is 38.5. The first-order valence-corrected chi connectivity index (χ1v) is 5.70. The zero-order valence-corrected chi connectivity index (χ0v) is 11.0. The van der Waals surface area contributed by atoms with Gasteiger partial charge in [-0.15, -0.1) is 0 Å². The standard InChI is InChI=1S/C10H13F3N4O4/c1-4(2)9(15)6(16(18)19)3-5(10(11,12)13)7(14)8(9)17(20)21/h3-4,8H,14-15H2,1-2H3. The topological polar surface area (TPSA) is 138 Å². The van der Waals surface area contributed by atoms with Gasteiger partial charge in [0.15, 0.2) is 5.54 Å². The van der Waals surface area contributed by atoms with Crippen LogP contribution in [0.4, 0.5) is 13.2 Å². The predicted molar refractivity (Wildman–Crippen MR) is 64.9 cm³/mol. The number of nitrogens with zero attached hydrogens (tertiary/aromatic N) is 2. The van der Waals surface area contributed by atoms with E-state index in [2.05, 4.69) is 0 Å². The summed E-state index contributed by atoms with van der Waals surface area (Å²) in [6.45, 7) is 2.67. The molecule has 0 spiro atoms. The number of hydrogen-bond donors (Lipinski definition) is 2. The second-order valence-electron chi connectivity index (χ2n) is 4.93. The average molecular weight is 310 g/mol. The van der Waals surface area contributed by atoms with E-state index in [9.17, 15) is 33.4 Å². The van der Waals surface area contributed by atoms with E-state index in [0.29, 0.717) is 0 Å². The maximum Gasteiger partial charge on any atom is 0.418 e. The van der Waals surface area contributed by atoms with Gasteiger partial charge < -0.3 is 11.5 Å². The molecule has 118 valence electrons. The molecule has 0 aromatic carbocycles. The Morgan fingerprint density at radius 3 is 2.10 bits per heavy atom. The van der Waals surface area contributed by atoms with Gasteiger partial charge in [-0.05, 0) is 5.92 Å². The van der Waals surface area contributed by atoms with Crippen LogP contribution in [0.15, 0.2) is 23.0 Å². The zero-order chi connectivity index (χ0) is 16.7. The fourth-order valence-electron chi connectivity index (χ4n) is 2.25. The third-order valence-electron chi connectivity index (χ3n) is 3.45. The zero-order valence-electron chi connectivity index (χ0n) is 11.0. The van der Waals surface area contributed by atoms with Crippen LogP contribution in [0.1, 0.15) is 13.8 Å². The molecule has 0 amide bonds. The quantitative estimate of drug-likeness (QED) is 0.587. The third-order valence-corrected chi connectivity index (χ3v) is 3.45. The molecule has 0 aromatic rings. The van der Waals surface area contributed by atoms with E-state index in [0.717, 1.165) is 0 Å². The maximum atomic E-state index is 12.8. The minimum absolute atomic E-state index is 0.176. The highest BCUT2D eigenvalue weighted by Crippen LogP contribution is 2.41. The summed E-state index contributed by atoms with van der Waals surface area (Å²) >= 11 is 0. The Morgan fingerprint density at radius 1 is 1.33 bits per heavy atom. The maximum absolute atomic E-state index is 12.8. The molecule has 21 heavy (non-hydrogen) atoms. The highest BCUT2D eigenvalue weighted by molar-refractivity contribution is 5.43. The van der Waals surface area contributed by atoms with Gasteiger partial charge in [0.05, 0.1) is 16.2 Å². The van der Waals surface area contributed by atoms with E-state index in [1.54, 1.807) is 0 Å². The fraction of sp³-hybridized carbons (Fsp3) is 0.600. The summed E-state index contributed by atoms with van der Waals surface area (Å²) in [6, 6.07) is -2.24. The van der Waals surface area contributed by atoms with Gasteiger partial charge in [-0.1, -0.05) is 13.8 Å². The Bertz CT molecular complexity index is 555. The Kier molecular flexibility index (Phi) is 4.01. The van der Waals surface area contributed by atoms with Crippen LogP contribution in [-0.4, -0.2) is 27.6 Å². The van der Waals surface area contributed by atoms with Crippen LogP contribution in [0.5, 0.6) is 0 Å². The van der Waals surface area contributed by atoms with Crippen LogP contribution < -0.4 is 11.5 Å². The van der Waals surface area contributed by atoms with E-state index < -0.39 is 50.5 Å². The van der Waals surface area contributed by atoms with Crippen molar-refractivity contribution in [1.82, 2.24) is 0 Å². The van der Waals surface area contributed by atoms with Crippen molar-refractivity contribution < 1.29 is 23.0 Å². The number of rotatable bonds is 3. The number of halogens is 3. The van der Waals surface area contributed by atoms with Crippen LogP contribution in [0.25, 0.3) is 0 Å². The van der Waals surface area contributed by atoms with Crippen molar-refractivity contribution in [3.8, 4) is 0 Å². The molecule has 0 saturated carbocycles. The monoisotopic (exact) mass is 310 g/mol. The van der Waals surface area contributed by atoms with Gasteiger partial charge in [0.2, 0.25) is 0 Å². The molecule has 1 rings (SSSR count). The second-order valence-corrected chi connectivity index (χ2v) is 4.93. The third kappa shape index (κ3) is 2.55. The molecular formula is C10H13F3N4O4. The van der Waals surface area contributed by atoms with Gasteiger partial charge in [0, 0.05) is 11.0 Å². The summed E-state index contributed by atoms with van der Waals surface area (Å²) in [7, 11) is 0. The average Bonchev–Trinajstić information content (AvgIpc) is 2.25. The van der Waals surface area contributed by atoms with E-state index in [1.165, 1.54) is 13.8 Å². The lowest BCUT2D eigenvalue weighted by Crippen LogP contribution is -2.64. The van der Waals surface area contributed by atoms with Gasteiger partial charge in [-0.25, -0.2) is 0 Å². The summed E-state index contributed by atoms with van der Waals surface area (Å²) in [6.07, 6.45) is -4.88. The SMILES string of the molecule is CC(C)C1(N)C([N+](=O)[O-])=CC(C(F)(F)F)=C(N)C1[N+](=O)[O-]. The molecule has 1 aliphatic rings. The van der Waals surface area contributed by atoms with E-state index in [1.807, 2.05) is 0 Å². The molecule has 0 aromatic heterocycles. The summed E-state index contributed by atoms with van der Waals surface area (Å²) in [5.74, 6) is -0.891. The first-order valence-electron chi connectivity index (χ1n) is 5.70. The molecule has 0 aliphatic heterocycles. The number of nitro groups is 2. The molecule has 2 unspecified atom stereocenters. The van der Waals surface area contributed by atoms with Crippen molar-refractivity contribution in [2.24, 2.45) is 17.4 Å². The summed E-state index contributed by atoms with van der Waals surface area (Å²) in [5, 5.41) is 22.1. The predicted octanol–water partition coefficient (Wildman–Crippen LogP) is 0.935. The van der Waals surface area contributed by atoms with Crippen molar-refractivity contribution in [1.29, 1.82) is 0 Å². The highest BCUT2D eigenvalue weighted by atomic mass is 19.4. The molecule has 1 aliphatic carbocycles. The molecule has 11 heteroatoms. The first-order chi connectivity index (χ1) is 9.35. The fourth-order valence-corrected chi connectivity index (χ4v) is 2.25. The number of allylic oxidation sites excluding steroid dienone is 2. The van der Waals surface area contributed by atoms with Crippen LogP contribution in [0.2, 0.25) is 0 Å². The van der Waals surface area contributed by atoms with Gasteiger partial charge in [0.25, 0.3) is 11.7 Å². The molecule has 4 N–H and O–H groups in total. The normalized spacial score (nSPS) is 26.8. The molecule has 8 nitrogen and oxygen atoms in total. The largest absolute Gasteiger partial charge is 0.418 e. The Morgan fingerprint density at radius 2 is 1.81 bits per heavy atom. The molecule has 0 heterocycles. The Labute approximate surface area is 116 Å². The smallest absolute Gasteiger partial charge is 0.396 e. The molecule has 2 atom stereocenters. The lowest BCUT2D eigenvalue weighted by molar-refractivity contribution is -0.536. The van der Waals surface area contributed by atoms with Gasteiger partial charge in [-0.2, -0.15) is 13.2 Å². The Balaban J connectivity index is 3.74. The molecular weight excluding hydrogens is 297 g/mol.